The van der Waals surface area contributed by atoms with Crippen molar-refractivity contribution in [1.82, 2.24) is 15.0 Å². The molecular formula is C8H16N4. The monoisotopic (exact) mass is 168 g/mol. The fourth-order valence-electron chi connectivity index (χ4n) is 1.13. The van der Waals surface area contributed by atoms with Crippen LogP contribution < -0.4 is 5.73 Å². The summed E-state index contributed by atoms with van der Waals surface area (Å²) in [7, 11) is 0. The summed E-state index contributed by atoms with van der Waals surface area (Å²) in [6, 6.07) is 0. The molecule has 0 unspecified atom stereocenters. The summed E-state index contributed by atoms with van der Waals surface area (Å²) in [5, 5.41) is 7.82. The van der Waals surface area contributed by atoms with Crippen molar-refractivity contribution in [2.75, 3.05) is 6.54 Å². The molecule has 4 heteroatoms. The van der Waals surface area contributed by atoms with E-state index < -0.39 is 0 Å². The van der Waals surface area contributed by atoms with Gasteiger partial charge in [-0.05, 0) is 0 Å². The second kappa shape index (κ2) is 3.23. The SMILES string of the molecule is CC(C)(C)c1cnnn1CCN. The summed E-state index contributed by atoms with van der Waals surface area (Å²) in [6.07, 6.45) is 1.80. The van der Waals surface area contributed by atoms with Gasteiger partial charge in [0, 0.05) is 12.0 Å². The van der Waals surface area contributed by atoms with Crippen molar-refractivity contribution in [2.24, 2.45) is 5.73 Å². The van der Waals surface area contributed by atoms with Crippen molar-refractivity contribution in [2.45, 2.75) is 32.7 Å². The Labute approximate surface area is 72.8 Å². The van der Waals surface area contributed by atoms with E-state index in [-0.39, 0.29) is 5.41 Å². The van der Waals surface area contributed by atoms with Gasteiger partial charge in [0.25, 0.3) is 0 Å². The first-order chi connectivity index (χ1) is 5.55. The molecule has 0 bridgehead atoms. The summed E-state index contributed by atoms with van der Waals surface area (Å²) < 4.78 is 1.86. The van der Waals surface area contributed by atoms with Crippen LogP contribution >= 0.6 is 0 Å². The molecule has 0 fully saturated rings. The molecule has 0 aliphatic heterocycles. The van der Waals surface area contributed by atoms with Crippen molar-refractivity contribution in [3.63, 3.8) is 0 Å². The molecule has 0 spiro atoms. The molecule has 68 valence electrons. The molecule has 12 heavy (non-hydrogen) atoms. The zero-order valence-electron chi connectivity index (χ0n) is 7.91. The van der Waals surface area contributed by atoms with E-state index in [2.05, 4.69) is 31.1 Å². The summed E-state index contributed by atoms with van der Waals surface area (Å²) in [5.41, 5.74) is 6.67. The van der Waals surface area contributed by atoms with E-state index in [9.17, 15) is 0 Å². The lowest BCUT2D eigenvalue weighted by atomic mass is 9.93. The van der Waals surface area contributed by atoms with Crippen molar-refractivity contribution in [3.8, 4) is 0 Å². The van der Waals surface area contributed by atoms with Crippen LogP contribution in [0.5, 0.6) is 0 Å². The van der Waals surface area contributed by atoms with Crippen LogP contribution in [-0.4, -0.2) is 21.5 Å². The van der Waals surface area contributed by atoms with Crippen molar-refractivity contribution < 1.29 is 0 Å². The third-order valence-electron chi connectivity index (χ3n) is 1.73. The first-order valence-electron chi connectivity index (χ1n) is 4.14. The highest BCUT2D eigenvalue weighted by Gasteiger charge is 2.18. The van der Waals surface area contributed by atoms with Gasteiger partial charge in [0.2, 0.25) is 0 Å². The molecule has 0 saturated carbocycles. The Balaban J connectivity index is 2.91. The normalized spacial score (nSPS) is 12.0. The van der Waals surface area contributed by atoms with Crippen LogP contribution in [0.15, 0.2) is 6.20 Å². The Morgan fingerprint density at radius 3 is 2.67 bits per heavy atom. The number of hydrogen-bond donors (Lipinski definition) is 1. The molecule has 0 aromatic carbocycles. The molecule has 1 aromatic heterocycles. The largest absolute Gasteiger partial charge is 0.329 e. The van der Waals surface area contributed by atoms with Crippen LogP contribution in [-0.2, 0) is 12.0 Å². The molecule has 0 aliphatic rings. The maximum absolute atomic E-state index is 5.44. The van der Waals surface area contributed by atoms with Crippen LogP contribution in [0.3, 0.4) is 0 Å². The van der Waals surface area contributed by atoms with Gasteiger partial charge >= 0.3 is 0 Å². The van der Waals surface area contributed by atoms with Crippen LogP contribution in [0, 0.1) is 0 Å². The maximum atomic E-state index is 5.44. The average molecular weight is 168 g/mol. The molecule has 4 nitrogen and oxygen atoms in total. The first kappa shape index (κ1) is 9.19. The summed E-state index contributed by atoms with van der Waals surface area (Å²) in [4.78, 5) is 0. The van der Waals surface area contributed by atoms with Crippen LogP contribution in [0.4, 0.5) is 0 Å². The van der Waals surface area contributed by atoms with Gasteiger partial charge in [-0.25, -0.2) is 4.68 Å². The minimum absolute atomic E-state index is 0.0959. The van der Waals surface area contributed by atoms with Crippen LogP contribution in [0.25, 0.3) is 0 Å². The van der Waals surface area contributed by atoms with Crippen LogP contribution in [0.1, 0.15) is 26.5 Å². The van der Waals surface area contributed by atoms with Gasteiger partial charge in [0.15, 0.2) is 0 Å². The third kappa shape index (κ3) is 1.82. The quantitative estimate of drug-likeness (QED) is 0.701. The van der Waals surface area contributed by atoms with E-state index in [0.29, 0.717) is 6.54 Å². The topological polar surface area (TPSA) is 56.7 Å². The van der Waals surface area contributed by atoms with Gasteiger partial charge in [-0.1, -0.05) is 26.0 Å². The fourth-order valence-corrected chi connectivity index (χ4v) is 1.13. The molecule has 0 atom stereocenters. The molecule has 1 rings (SSSR count). The van der Waals surface area contributed by atoms with Gasteiger partial charge in [0.1, 0.15) is 0 Å². The fraction of sp³-hybridized carbons (Fsp3) is 0.750. The van der Waals surface area contributed by atoms with Gasteiger partial charge < -0.3 is 5.73 Å². The van der Waals surface area contributed by atoms with E-state index in [0.717, 1.165) is 12.2 Å². The average Bonchev–Trinajstić information content (AvgIpc) is 2.34. The Morgan fingerprint density at radius 1 is 1.50 bits per heavy atom. The summed E-state index contributed by atoms with van der Waals surface area (Å²) in [5.74, 6) is 0. The molecule has 2 N–H and O–H groups in total. The summed E-state index contributed by atoms with van der Waals surface area (Å²) in [6.45, 7) is 7.76. The molecular weight excluding hydrogens is 152 g/mol. The lowest BCUT2D eigenvalue weighted by Gasteiger charge is -2.18. The predicted molar refractivity (Wildman–Crippen MR) is 47.8 cm³/mol. The number of nitrogens with two attached hydrogens (primary N) is 1. The highest BCUT2D eigenvalue weighted by atomic mass is 15.4. The van der Waals surface area contributed by atoms with Crippen molar-refractivity contribution in [1.29, 1.82) is 0 Å². The van der Waals surface area contributed by atoms with Crippen LogP contribution in [0.2, 0.25) is 0 Å². The molecule has 0 amide bonds. The number of aromatic nitrogens is 3. The Bertz CT molecular complexity index is 246. The van der Waals surface area contributed by atoms with E-state index in [1.807, 2.05) is 4.68 Å². The number of hydrogen-bond acceptors (Lipinski definition) is 3. The van der Waals surface area contributed by atoms with Gasteiger partial charge in [-0.2, -0.15) is 0 Å². The maximum Gasteiger partial charge on any atom is 0.0730 e. The third-order valence-corrected chi connectivity index (χ3v) is 1.73. The predicted octanol–water partition coefficient (Wildman–Crippen LogP) is 0.534. The van der Waals surface area contributed by atoms with Gasteiger partial charge in [-0.15, -0.1) is 5.10 Å². The molecule has 0 aliphatic carbocycles. The zero-order chi connectivity index (χ0) is 9.19. The minimum Gasteiger partial charge on any atom is -0.329 e. The van der Waals surface area contributed by atoms with E-state index in [1.165, 1.54) is 0 Å². The zero-order valence-corrected chi connectivity index (χ0v) is 7.91. The smallest absolute Gasteiger partial charge is 0.0730 e. The lowest BCUT2D eigenvalue weighted by Crippen LogP contribution is -2.21. The Hall–Kier alpha value is -0.900. The van der Waals surface area contributed by atoms with E-state index in [1.54, 1.807) is 6.20 Å². The van der Waals surface area contributed by atoms with E-state index in [4.69, 9.17) is 5.73 Å². The lowest BCUT2D eigenvalue weighted by molar-refractivity contribution is 0.484. The molecule has 1 aromatic rings. The standard InChI is InChI=1S/C8H16N4/c1-8(2,3)7-6-10-11-12(7)5-4-9/h6H,4-5,9H2,1-3H3. The highest BCUT2D eigenvalue weighted by Crippen LogP contribution is 2.20. The molecule has 1 heterocycles. The molecule has 0 saturated heterocycles. The minimum atomic E-state index is 0.0959. The Kier molecular flexibility index (Phi) is 2.47. The second-order valence-electron chi connectivity index (χ2n) is 3.88. The first-order valence-corrected chi connectivity index (χ1v) is 4.14. The van der Waals surface area contributed by atoms with Gasteiger partial charge in [-0.3, -0.25) is 0 Å². The number of nitrogens with zero attached hydrogens (tertiary/aromatic N) is 3. The van der Waals surface area contributed by atoms with E-state index >= 15 is 0 Å². The van der Waals surface area contributed by atoms with Crippen molar-refractivity contribution >= 4 is 0 Å². The van der Waals surface area contributed by atoms with Crippen molar-refractivity contribution in [3.05, 3.63) is 11.9 Å². The molecule has 0 radical (unpaired) electrons. The number of rotatable bonds is 2. The van der Waals surface area contributed by atoms with Gasteiger partial charge in [0.05, 0.1) is 18.4 Å². The summed E-state index contributed by atoms with van der Waals surface area (Å²) >= 11 is 0. The highest BCUT2D eigenvalue weighted by molar-refractivity contribution is 5.07. The Morgan fingerprint density at radius 2 is 2.17 bits per heavy atom. The second-order valence-corrected chi connectivity index (χ2v) is 3.88.